The van der Waals surface area contributed by atoms with E-state index >= 15 is 0 Å². The van der Waals surface area contributed by atoms with Crippen molar-refractivity contribution >= 4 is 23.5 Å². The molecule has 1 atom stereocenters. The van der Waals surface area contributed by atoms with Gasteiger partial charge in [-0.25, -0.2) is 18.0 Å². The Balaban J connectivity index is 1.84. The first kappa shape index (κ1) is 19.0. The summed E-state index contributed by atoms with van der Waals surface area (Å²) in [7, 11) is 0. The Kier molecular flexibility index (Phi) is 5.99. The first-order valence-corrected chi connectivity index (χ1v) is 7.25. The number of carbonyl (C=O) groups excluding carboxylic acids is 3. The van der Waals surface area contributed by atoms with Crippen molar-refractivity contribution in [3.05, 3.63) is 53.7 Å². The predicted molar refractivity (Wildman–Crippen MR) is 81.5 cm³/mol. The van der Waals surface area contributed by atoms with Crippen LogP contribution in [-0.2, 0) is 14.3 Å². The van der Waals surface area contributed by atoms with Crippen LogP contribution >= 0.6 is 0 Å². The molecule has 0 aliphatic carbocycles. The zero-order valence-electron chi connectivity index (χ0n) is 13.3. The normalized spacial score (nSPS) is 11.5. The number of nitrogens with one attached hydrogen (secondary N) is 2. The first-order chi connectivity index (χ1) is 12.3. The van der Waals surface area contributed by atoms with Gasteiger partial charge in [0, 0.05) is 0 Å². The lowest BCUT2D eigenvalue weighted by molar-refractivity contribution is -0.130. The van der Waals surface area contributed by atoms with Crippen molar-refractivity contribution in [3.63, 3.8) is 0 Å². The zero-order valence-corrected chi connectivity index (χ0v) is 13.3. The number of benzene rings is 1. The maximum absolute atomic E-state index is 13.4. The van der Waals surface area contributed by atoms with Crippen molar-refractivity contribution in [2.24, 2.45) is 0 Å². The average Bonchev–Trinajstić information content (AvgIpc) is 3.15. The van der Waals surface area contributed by atoms with Crippen molar-refractivity contribution in [1.82, 2.24) is 5.32 Å². The van der Waals surface area contributed by atoms with Crippen LogP contribution in [0.5, 0.6) is 0 Å². The first-order valence-electron chi connectivity index (χ1n) is 7.25. The molecule has 1 aromatic heterocycles. The maximum Gasteiger partial charge on any atom is 0.374 e. The summed E-state index contributed by atoms with van der Waals surface area (Å²) >= 11 is 0. The quantitative estimate of drug-likeness (QED) is 0.599. The predicted octanol–water partition coefficient (Wildman–Crippen LogP) is 2.00. The molecule has 2 N–H and O–H groups in total. The van der Waals surface area contributed by atoms with Crippen molar-refractivity contribution in [2.45, 2.75) is 13.0 Å². The molecule has 0 unspecified atom stereocenters. The van der Waals surface area contributed by atoms with Crippen LogP contribution in [0.15, 0.2) is 34.9 Å². The van der Waals surface area contributed by atoms with E-state index in [2.05, 4.69) is 5.32 Å². The molecule has 0 bridgehead atoms. The minimum atomic E-state index is -1.73. The molecule has 26 heavy (non-hydrogen) atoms. The minimum Gasteiger partial charge on any atom is -0.457 e. The Morgan fingerprint density at radius 2 is 1.88 bits per heavy atom. The van der Waals surface area contributed by atoms with Crippen LogP contribution in [0.1, 0.15) is 17.5 Å². The van der Waals surface area contributed by atoms with Crippen LogP contribution in [0.2, 0.25) is 0 Å². The van der Waals surface area contributed by atoms with Crippen LogP contribution in [0, 0.1) is 17.5 Å². The molecule has 0 fully saturated rings. The van der Waals surface area contributed by atoms with Crippen molar-refractivity contribution in [3.8, 4) is 0 Å². The number of hydrogen-bond acceptors (Lipinski definition) is 5. The molecule has 0 aliphatic heterocycles. The smallest absolute Gasteiger partial charge is 0.374 e. The summed E-state index contributed by atoms with van der Waals surface area (Å²) in [5.41, 5.74) is -0.583. The summed E-state index contributed by atoms with van der Waals surface area (Å²) in [6.45, 7) is 0.656. The molecule has 0 radical (unpaired) electrons. The fourth-order valence-electron chi connectivity index (χ4n) is 1.79. The van der Waals surface area contributed by atoms with Gasteiger partial charge in [-0.3, -0.25) is 9.59 Å². The molecule has 138 valence electrons. The van der Waals surface area contributed by atoms with E-state index in [0.29, 0.717) is 6.07 Å². The number of carbonyl (C=O) groups is 3. The molecular formula is C16H13F3N2O5. The van der Waals surface area contributed by atoms with E-state index in [4.69, 9.17) is 9.15 Å². The Morgan fingerprint density at radius 1 is 1.15 bits per heavy atom. The Labute approximate surface area is 145 Å². The Bertz CT molecular complexity index is 824. The maximum atomic E-state index is 13.4. The lowest BCUT2D eigenvalue weighted by Crippen LogP contribution is -2.40. The van der Waals surface area contributed by atoms with Gasteiger partial charge in [-0.1, -0.05) is 0 Å². The second kappa shape index (κ2) is 8.19. The fraction of sp³-hybridized carbons (Fsp3) is 0.188. The molecule has 0 spiro atoms. The molecule has 0 saturated heterocycles. The van der Waals surface area contributed by atoms with Crippen molar-refractivity contribution in [1.29, 1.82) is 0 Å². The molecule has 7 nitrogen and oxygen atoms in total. The van der Waals surface area contributed by atoms with Crippen LogP contribution in [-0.4, -0.2) is 30.4 Å². The van der Waals surface area contributed by atoms with E-state index < -0.39 is 53.6 Å². The third-order valence-electron chi connectivity index (χ3n) is 3.11. The standard InChI is InChI=1S/C16H13F3N2O5/c1-8(26-16(24)11-3-2-6-25-11)15(23)20-7-12(22)21-10-5-4-9(17)13(18)14(10)19/h2-6,8H,7H2,1H3,(H,20,23)(H,21,22)/t8-/m0/s1. The van der Waals surface area contributed by atoms with Gasteiger partial charge in [0.2, 0.25) is 11.7 Å². The fourth-order valence-corrected chi connectivity index (χ4v) is 1.79. The number of hydrogen-bond donors (Lipinski definition) is 2. The largest absolute Gasteiger partial charge is 0.457 e. The van der Waals surface area contributed by atoms with Gasteiger partial charge in [-0.05, 0) is 31.2 Å². The summed E-state index contributed by atoms with van der Waals surface area (Å²) in [6.07, 6.45) is 0.0173. The van der Waals surface area contributed by atoms with Crippen LogP contribution in [0.25, 0.3) is 0 Å². The van der Waals surface area contributed by atoms with Gasteiger partial charge in [0.1, 0.15) is 0 Å². The topological polar surface area (TPSA) is 97.6 Å². The summed E-state index contributed by atoms with van der Waals surface area (Å²) in [4.78, 5) is 35.1. The highest BCUT2D eigenvalue weighted by Gasteiger charge is 2.21. The lowest BCUT2D eigenvalue weighted by Gasteiger charge is -2.13. The highest BCUT2D eigenvalue weighted by Crippen LogP contribution is 2.19. The molecule has 0 aliphatic rings. The third-order valence-corrected chi connectivity index (χ3v) is 3.11. The molecule has 2 amide bonds. The number of anilines is 1. The summed E-state index contributed by atoms with van der Waals surface area (Å²) in [5, 5.41) is 4.13. The number of esters is 1. The number of halogens is 3. The summed E-state index contributed by atoms with van der Waals surface area (Å²) in [5.74, 6) is -7.36. The number of rotatable bonds is 6. The van der Waals surface area contributed by atoms with Crippen molar-refractivity contribution in [2.75, 3.05) is 11.9 Å². The van der Waals surface area contributed by atoms with Crippen LogP contribution in [0.4, 0.5) is 18.9 Å². The van der Waals surface area contributed by atoms with Gasteiger partial charge in [-0.2, -0.15) is 0 Å². The number of furan rings is 1. The van der Waals surface area contributed by atoms with Gasteiger partial charge in [0.05, 0.1) is 18.5 Å². The molecule has 1 aromatic carbocycles. The average molecular weight is 370 g/mol. The molecular weight excluding hydrogens is 357 g/mol. The third kappa shape index (κ3) is 4.62. The van der Waals surface area contributed by atoms with Gasteiger partial charge < -0.3 is 19.8 Å². The summed E-state index contributed by atoms with van der Waals surface area (Å²) < 4.78 is 49.0. The van der Waals surface area contributed by atoms with E-state index in [1.54, 1.807) is 0 Å². The van der Waals surface area contributed by atoms with Gasteiger partial charge >= 0.3 is 5.97 Å². The second-order valence-electron chi connectivity index (χ2n) is 5.01. The molecule has 1 heterocycles. The highest BCUT2D eigenvalue weighted by molar-refractivity contribution is 5.96. The Morgan fingerprint density at radius 3 is 2.54 bits per heavy atom. The van der Waals surface area contributed by atoms with Crippen LogP contribution in [0.3, 0.4) is 0 Å². The van der Waals surface area contributed by atoms with E-state index in [1.807, 2.05) is 5.32 Å². The van der Waals surface area contributed by atoms with E-state index in [0.717, 1.165) is 6.07 Å². The highest BCUT2D eigenvalue weighted by atomic mass is 19.2. The van der Waals surface area contributed by atoms with Gasteiger partial charge in [-0.15, -0.1) is 0 Å². The molecule has 2 rings (SSSR count). The van der Waals surface area contributed by atoms with E-state index in [1.165, 1.54) is 25.3 Å². The SMILES string of the molecule is C[C@H](OC(=O)c1ccco1)C(=O)NCC(=O)Nc1ccc(F)c(F)c1F. The minimum absolute atomic E-state index is 0.101. The molecule has 2 aromatic rings. The number of amides is 2. The van der Waals surface area contributed by atoms with Gasteiger partial charge in [0.25, 0.3) is 5.91 Å². The zero-order chi connectivity index (χ0) is 19.3. The number of ether oxygens (including phenoxy) is 1. The van der Waals surface area contributed by atoms with E-state index in [9.17, 15) is 27.6 Å². The van der Waals surface area contributed by atoms with Crippen molar-refractivity contribution < 1.29 is 36.7 Å². The van der Waals surface area contributed by atoms with Crippen LogP contribution < -0.4 is 10.6 Å². The summed E-state index contributed by atoms with van der Waals surface area (Å²) in [6, 6.07) is 4.28. The van der Waals surface area contributed by atoms with E-state index in [-0.39, 0.29) is 5.76 Å². The lowest BCUT2D eigenvalue weighted by atomic mass is 10.2. The monoisotopic (exact) mass is 370 g/mol. The molecule has 0 saturated carbocycles. The van der Waals surface area contributed by atoms with Gasteiger partial charge in [0.15, 0.2) is 23.6 Å². The second-order valence-corrected chi connectivity index (χ2v) is 5.01. The molecule has 10 heteroatoms. The Hall–Kier alpha value is -3.30.